The quantitative estimate of drug-likeness (QED) is 0.685. The van der Waals surface area contributed by atoms with E-state index in [0.717, 1.165) is 21.5 Å². The summed E-state index contributed by atoms with van der Waals surface area (Å²) in [5, 5.41) is 11.0. The van der Waals surface area contributed by atoms with Gasteiger partial charge in [0.05, 0.1) is 21.8 Å². The molecule has 2 heterocycles. The van der Waals surface area contributed by atoms with Crippen LogP contribution in [0.4, 0.5) is 10.8 Å². The number of benzene rings is 2. The predicted molar refractivity (Wildman–Crippen MR) is 116 cm³/mol. The number of para-hydroxylation sites is 1. The molecular formula is C22H21N3O3S. The number of hydrogen-bond acceptors (Lipinski definition) is 6. The van der Waals surface area contributed by atoms with Crippen molar-refractivity contribution < 1.29 is 14.7 Å². The Labute approximate surface area is 172 Å². The SMILES string of the molecule is CCC(=O)C1=C(O)C(=O)N(c2nc3ccccc3s2)C1c1ccc(N(C)C)cc1. The lowest BCUT2D eigenvalue weighted by Crippen LogP contribution is -2.30. The zero-order valence-electron chi connectivity index (χ0n) is 16.4. The van der Waals surface area contributed by atoms with Crippen molar-refractivity contribution in [2.75, 3.05) is 23.9 Å². The minimum absolute atomic E-state index is 0.134. The molecule has 1 aliphatic rings. The summed E-state index contributed by atoms with van der Waals surface area (Å²) in [6.07, 6.45) is 0.201. The van der Waals surface area contributed by atoms with Gasteiger partial charge in [-0.2, -0.15) is 0 Å². The summed E-state index contributed by atoms with van der Waals surface area (Å²) in [7, 11) is 3.89. The van der Waals surface area contributed by atoms with Gasteiger partial charge in [0.2, 0.25) is 0 Å². The smallest absolute Gasteiger partial charge is 0.296 e. The summed E-state index contributed by atoms with van der Waals surface area (Å²) in [6, 6.07) is 14.5. The van der Waals surface area contributed by atoms with Crippen LogP contribution >= 0.6 is 11.3 Å². The molecule has 1 unspecified atom stereocenters. The highest BCUT2D eigenvalue weighted by Crippen LogP contribution is 2.43. The number of anilines is 2. The highest BCUT2D eigenvalue weighted by molar-refractivity contribution is 7.22. The third-order valence-electron chi connectivity index (χ3n) is 5.04. The summed E-state index contributed by atoms with van der Waals surface area (Å²) >= 11 is 1.36. The maximum atomic E-state index is 13.0. The average molecular weight is 407 g/mol. The minimum Gasteiger partial charge on any atom is -0.503 e. The van der Waals surface area contributed by atoms with E-state index in [1.165, 1.54) is 16.2 Å². The lowest BCUT2D eigenvalue weighted by molar-refractivity contribution is -0.118. The highest BCUT2D eigenvalue weighted by Gasteiger charge is 2.45. The Morgan fingerprint density at radius 3 is 2.48 bits per heavy atom. The van der Waals surface area contributed by atoms with Gasteiger partial charge < -0.3 is 10.0 Å². The Morgan fingerprint density at radius 2 is 1.86 bits per heavy atom. The molecule has 6 nitrogen and oxygen atoms in total. The van der Waals surface area contributed by atoms with E-state index in [0.29, 0.717) is 5.13 Å². The minimum atomic E-state index is -0.702. The zero-order chi connectivity index (χ0) is 20.7. The number of Topliss-reactive ketones (excluding diaryl/α,β-unsaturated/α-hetero) is 1. The van der Waals surface area contributed by atoms with Crippen molar-refractivity contribution in [3.05, 3.63) is 65.4 Å². The number of carbonyl (C=O) groups excluding carboxylic acids is 2. The van der Waals surface area contributed by atoms with Crippen LogP contribution in [0.3, 0.4) is 0 Å². The van der Waals surface area contributed by atoms with Gasteiger partial charge in [-0.15, -0.1) is 0 Å². The van der Waals surface area contributed by atoms with Gasteiger partial charge in [-0.1, -0.05) is 42.5 Å². The Kier molecular flexibility index (Phi) is 4.84. The molecule has 148 valence electrons. The second kappa shape index (κ2) is 7.33. The number of rotatable bonds is 5. The van der Waals surface area contributed by atoms with E-state index >= 15 is 0 Å². The van der Waals surface area contributed by atoms with Crippen molar-refractivity contribution in [2.45, 2.75) is 19.4 Å². The van der Waals surface area contributed by atoms with Crippen LogP contribution in [0.25, 0.3) is 10.2 Å². The number of fused-ring (bicyclic) bond motifs is 1. The summed E-state index contributed by atoms with van der Waals surface area (Å²) in [6.45, 7) is 1.72. The first-order valence-corrected chi connectivity index (χ1v) is 10.2. The second-order valence-electron chi connectivity index (χ2n) is 7.07. The van der Waals surface area contributed by atoms with Crippen LogP contribution in [0.2, 0.25) is 0 Å². The molecule has 0 saturated carbocycles. The fourth-order valence-electron chi connectivity index (χ4n) is 3.51. The van der Waals surface area contributed by atoms with Crippen molar-refractivity contribution >= 4 is 44.1 Å². The highest BCUT2D eigenvalue weighted by atomic mass is 32.1. The number of thiazole rings is 1. The Morgan fingerprint density at radius 1 is 1.17 bits per heavy atom. The van der Waals surface area contributed by atoms with E-state index in [-0.39, 0.29) is 17.8 Å². The summed E-state index contributed by atoms with van der Waals surface area (Å²) < 4.78 is 0.937. The largest absolute Gasteiger partial charge is 0.503 e. The Balaban J connectivity index is 1.86. The van der Waals surface area contributed by atoms with Crippen LogP contribution in [0.15, 0.2) is 59.9 Å². The van der Waals surface area contributed by atoms with Crippen molar-refractivity contribution in [1.29, 1.82) is 0 Å². The molecule has 1 aliphatic heterocycles. The fourth-order valence-corrected chi connectivity index (χ4v) is 4.50. The Hall–Kier alpha value is -3.19. The molecule has 0 bridgehead atoms. The number of amides is 1. The molecule has 1 aromatic heterocycles. The third-order valence-corrected chi connectivity index (χ3v) is 6.08. The third kappa shape index (κ3) is 3.17. The van der Waals surface area contributed by atoms with E-state index in [9.17, 15) is 14.7 Å². The van der Waals surface area contributed by atoms with Gasteiger partial charge in [-0.25, -0.2) is 4.98 Å². The molecule has 1 atom stereocenters. The van der Waals surface area contributed by atoms with Gasteiger partial charge in [0.1, 0.15) is 0 Å². The standard InChI is InChI=1S/C22H21N3O3S/c1-4-16(26)18-19(13-9-11-14(12-10-13)24(2)3)25(21(28)20(18)27)22-23-15-7-5-6-8-17(15)29-22/h5-12,19,27H,4H2,1-3H3. The molecule has 0 radical (unpaired) electrons. The molecule has 2 aromatic carbocycles. The maximum Gasteiger partial charge on any atom is 0.296 e. The van der Waals surface area contributed by atoms with Crippen LogP contribution in [0.1, 0.15) is 24.9 Å². The van der Waals surface area contributed by atoms with Crippen molar-refractivity contribution in [3.8, 4) is 0 Å². The number of carbonyl (C=O) groups is 2. The zero-order valence-corrected chi connectivity index (χ0v) is 17.2. The predicted octanol–water partition coefficient (Wildman–Crippen LogP) is 4.24. The van der Waals surface area contributed by atoms with E-state index in [2.05, 4.69) is 4.98 Å². The van der Waals surface area contributed by atoms with Gasteiger partial charge >= 0.3 is 0 Å². The normalized spacial score (nSPS) is 16.7. The van der Waals surface area contributed by atoms with Crippen molar-refractivity contribution in [2.24, 2.45) is 0 Å². The maximum absolute atomic E-state index is 13.0. The van der Waals surface area contributed by atoms with Gasteiger partial charge in [-0.3, -0.25) is 14.5 Å². The van der Waals surface area contributed by atoms with Crippen molar-refractivity contribution in [3.63, 3.8) is 0 Å². The van der Waals surface area contributed by atoms with Gasteiger partial charge in [0, 0.05) is 26.2 Å². The number of aromatic nitrogens is 1. The molecule has 0 aliphatic carbocycles. The molecule has 3 aromatic rings. The molecule has 29 heavy (non-hydrogen) atoms. The molecule has 0 saturated heterocycles. The fraction of sp³-hybridized carbons (Fsp3) is 0.227. The van der Waals surface area contributed by atoms with Crippen LogP contribution in [0, 0.1) is 0 Å². The molecular weight excluding hydrogens is 386 g/mol. The van der Waals surface area contributed by atoms with Gasteiger partial charge in [0.15, 0.2) is 16.7 Å². The van der Waals surface area contributed by atoms with E-state index in [1.54, 1.807) is 6.92 Å². The molecule has 0 fully saturated rings. The molecule has 1 amide bonds. The summed E-state index contributed by atoms with van der Waals surface area (Å²) in [5.41, 5.74) is 2.66. The van der Waals surface area contributed by atoms with Crippen LogP contribution < -0.4 is 9.80 Å². The van der Waals surface area contributed by atoms with E-state index in [1.807, 2.05) is 67.5 Å². The monoisotopic (exact) mass is 407 g/mol. The first kappa shape index (κ1) is 19.1. The number of aliphatic hydroxyl groups is 1. The van der Waals surface area contributed by atoms with Gasteiger partial charge in [0.25, 0.3) is 5.91 Å². The van der Waals surface area contributed by atoms with Gasteiger partial charge in [-0.05, 0) is 29.8 Å². The van der Waals surface area contributed by atoms with E-state index in [4.69, 9.17) is 0 Å². The number of aliphatic hydroxyl groups excluding tert-OH is 1. The number of hydrogen-bond donors (Lipinski definition) is 1. The first-order chi connectivity index (χ1) is 13.9. The first-order valence-electron chi connectivity index (χ1n) is 9.35. The molecule has 7 heteroatoms. The lowest BCUT2D eigenvalue weighted by Gasteiger charge is -2.25. The van der Waals surface area contributed by atoms with Crippen LogP contribution in [0.5, 0.6) is 0 Å². The number of ketones is 1. The van der Waals surface area contributed by atoms with Crippen molar-refractivity contribution in [1.82, 2.24) is 4.98 Å². The average Bonchev–Trinajstić information content (AvgIpc) is 3.26. The molecule has 4 rings (SSSR count). The Bertz CT molecular complexity index is 1100. The topological polar surface area (TPSA) is 73.7 Å². The summed E-state index contributed by atoms with van der Waals surface area (Å²) in [4.78, 5) is 33.7. The van der Waals surface area contributed by atoms with Crippen LogP contribution in [-0.4, -0.2) is 35.9 Å². The molecule has 1 N–H and O–H groups in total. The lowest BCUT2D eigenvalue weighted by atomic mass is 9.95. The second-order valence-corrected chi connectivity index (χ2v) is 8.08. The number of nitrogens with zero attached hydrogens (tertiary/aromatic N) is 3. The van der Waals surface area contributed by atoms with E-state index < -0.39 is 17.7 Å². The van der Waals surface area contributed by atoms with Crippen LogP contribution in [-0.2, 0) is 9.59 Å². The summed E-state index contributed by atoms with van der Waals surface area (Å²) in [5.74, 6) is -1.33. The molecule has 0 spiro atoms.